The number of imidazole rings is 1. The maximum absolute atomic E-state index is 13.1. The SMILES string of the molecule is O=S(=O)(Cc1cccc(F)c1)Nc1cc(-n2ccnc2)ncn1. The van der Waals surface area contributed by atoms with Gasteiger partial charge in [-0.25, -0.2) is 27.8 Å². The van der Waals surface area contributed by atoms with Crippen LogP contribution in [-0.4, -0.2) is 27.9 Å². The van der Waals surface area contributed by atoms with Gasteiger partial charge in [0.05, 0.1) is 5.75 Å². The van der Waals surface area contributed by atoms with Crippen LogP contribution in [0.2, 0.25) is 0 Å². The van der Waals surface area contributed by atoms with Crippen LogP contribution >= 0.6 is 0 Å². The number of hydrogen-bond acceptors (Lipinski definition) is 5. The molecule has 0 saturated carbocycles. The van der Waals surface area contributed by atoms with Gasteiger partial charge < -0.3 is 0 Å². The molecule has 0 saturated heterocycles. The molecule has 2 aromatic heterocycles. The monoisotopic (exact) mass is 333 g/mol. The summed E-state index contributed by atoms with van der Waals surface area (Å²) in [5, 5.41) is 0. The highest BCUT2D eigenvalue weighted by atomic mass is 32.2. The van der Waals surface area contributed by atoms with Crippen LogP contribution in [0.15, 0.2) is 55.4 Å². The minimum Gasteiger partial charge on any atom is -0.290 e. The van der Waals surface area contributed by atoms with Gasteiger partial charge in [0.2, 0.25) is 10.0 Å². The smallest absolute Gasteiger partial charge is 0.238 e. The fraction of sp³-hybridized carbons (Fsp3) is 0.0714. The second kappa shape index (κ2) is 6.13. The van der Waals surface area contributed by atoms with E-state index in [0.29, 0.717) is 11.4 Å². The standard InChI is InChI=1S/C14H12FN5O2S/c15-12-3-1-2-11(6-12)8-23(21,22)19-13-7-14(18-9-17-13)20-5-4-16-10-20/h1-7,9-10H,8H2,(H,17,18,19). The summed E-state index contributed by atoms with van der Waals surface area (Å²) >= 11 is 0. The van der Waals surface area contributed by atoms with Gasteiger partial charge in [0.15, 0.2) is 0 Å². The fourth-order valence-corrected chi connectivity index (χ4v) is 3.10. The summed E-state index contributed by atoms with van der Waals surface area (Å²) < 4.78 is 41.4. The van der Waals surface area contributed by atoms with Crippen molar-refractivity contribution in [3.05, 3.63) is 66.8 Å². The number of sulfonamides is 1. The molecule has 0 amide bonds. The summed E-state index contributed by atoms with van der Waals surface area (Å²) in [6, 6.07) is 6.91. The largest absolute Gasteiger partial charge is 0.290 e. The van der Waals surface area contributed by atoms with E-state index in [1.165, 1.54) is 36.9 Å². The zero-order chi connectivity index (χ0) is 16.3. The Balaban J connectivity index is 1.79. The first-order chi connectivity index (χ1) is 11.0. The van der Waals surface area contributed by atoms with Crippen molar-refractivity contribution in [1.82, 2.24) is 19.5 Å². The highest BCUT2D eigenvalue weighted by Gasteiger charge is 2.13. The number of benzene rings is 1. The third-order valence-corrected chi connectivity index (χ3v) is 4.16. The molecule has 1 N–H and O–H groups in total. The molecular formula is C14H12FN5O2S. The molecule has 0 unspecified atom stereocenters. The van der Waals surface area contributed by atoms with Crippen LogP contribution in [0.25, 0.3) is 5.82 Å². The second-order valence-corrected chi connectivity index (χ2v) is 6.44. The zero-order valence-electron chi connectivity index (χ0n) is 11.8. The van der Waals surface area contributed by atoms with Crippen LogP contribution in [0.3, 0.4) is 0 Å². The molecule has 0 aliphatic rings. The Kier molecular flexibility index (Phi) is 4.02. The maximum Gasteiger partial charge on any atom is 0.238 e. The highest BCUT2D eigenvalue weighted by molar-refractivity contribution is 7.91. The van der Waals surface area contributed by atoms with Gasteiger partial charge in [0, 0.05) is 18.5 Å². The summed E-state index contributed by atoms with van der Waals surface area (Å²) in [5.41, 5.74) is 0.349. The molecule has 3 rings (SSSR count). The first kappa shape index (κ1) is 15.1. The van der Waals surface area contributed by atoms with Gasteiger partial charge in [-0.15, -0.1) is 0 Å². The Labute approximate surface area is 131 Å². The molecule has 0 bridgehead atoms. The Hall–Kier alpha value is -2.81. The maximum atomic E-state index is 13.1. The Bertz CT molecular complexity index is 912. The highest BCUT2D eigenvalue weighted by Crippen LogP contribution is 2.13. The lowest BCUT2D eigenvalue weighted by Crippen LogP contribution is -2.16. The molecule has 3 aromatic rings. The van der Waals surface area contributed by atoms with Crippen molar-refractivity contribution >= 4 is 15.8 Å². The zero-order valence-corrected chi connectivity index (χ0v) is 12.6. The Morgan fingerprint density at radius 2 is 2.09 bits per heavy atom. The van der Waals surface area contributed by atoms with Crippen LogP contribution in [-0.2, 0) is 15.8 Å². The average Bonchev–Trinajstić information content (AvgIpc) is 3.00. The lowest BCUT2D eigenvalue weighted by atomic mass is 10.2. The normalized spacial score (nSPS) is 11.3. The molecule has 23 heavy (non-hydrogen) atoms. The molecule has 0 atom stereocenters. The van der Waals surface area contributed by atoms with Crippen molar-refractivity contribution in [2.24, 2.45) is 0 Å². The molecule has 9 heteroatoms. The van der Waals surface area contributed by atoms with Crippen molar-refractivity contribution in [1.29, 1.82) is 0 Å². The molecule has 1 aromatic carbocycles. The number of hydrogen-bond donors (Lipinski definition) is 1. The lowest BCUT2D eigenvalue weighted by molar-refractivity contribution is 0.599. The van der Waals surface area contributed by atoms with Gasteiger partial charge in [-0.2, -0.15) is 0 Å². The van der Waals surface area contributed by atoms with Crippen LogP contribution in [0, 0.1) is 5.82 Å². The quantitative estimate of drug-likeness (QED) is 0.768. The van der Waals surface area contributed by atoms with E-state index in [2.05, 4.69) is 19.7 Å². The van der Waals surface area contributed by atoms with E-state index in [-0.39, 0.29) is 11.6 Å². The van der Waals surface area contributed by atoms with E-state index in [1.54, 1.807) is 23.0 Å². The molecule has 2 heterocycles. The summed E-state index contributed by atoms with van der Waals surface area (Å²) in [5.74, 6) is -0.238. The van der Waals surface area contributed by atoms with Gasteiger partial charge in [-0.3, -0.25) is 9.29 Å². The third kappa shape index (κ3) is 3.89. The number of aromatic nitrogens is 4. The van der Waals surface area contributed by atoms with Gasteiger partial charge in [0.1, 0.15) is 30.1 Å². The lowest BCUT2D eigenvalue weighted by Gasteiger charge is -2.08. The van der Waals surface area contributed by atoms with E-state index in [4.69, 9.17) is 0 Å². The molecule has 0 aliphatic carbocycles. The van der Waals surface area contributed by atoms with Gasteiger partial charge >= 0.3 is 0 Å². The predicted octanol–water partition coefficient (Wildman–Crippen LogP) is 1.74. The van der Waals surface area contributed by atoms with Crippen molar-refractivity contribution in [2.75, 3.05) is 4.72 Å². The molecule has 118 valence electrons. The molecule has 0 fully saturated rings. The summed E-state index contributed by atoms with van der Waals surface area (Å²) in [6.07, 6.45) is 6.03. The fourth-order valence-electron chi connectivity index (χ4n) is 1.98. The molecule has 0 radical (unpaired) electrons. The first-order valence-corrected chi connectivity index (χ1v) is 8.22. The number of anilines is 1. The summed E-state index contributed by atoms with van der Waals surface area (Å²) in [6.45, 7) is 0. The summed E-state index contributed by atoms with van der Waals surface area (Å²) in [7, 11) is -3.72. The molecule has 0 aliphatic heterocycles. The van der Waals surface area contributed by atoms with Gasteiger partial charge in [-0.1, -0.05) is 12.1 Å². The van der Waals surface area contributed by atoms with E-state index in [0.717, 1.165) is 0 Å². The Morgan fingerprint density at radius 3 is 2.83 bits per heavy atom. The van der Waals surface area contributed by atoms with E-state index in [9.17, 15) is 12.8 Å². The molecular weight excluding hydrogens is 321 g/mol. The van der Waals surface area contributed by atoms with E-state index in [1.807, 2.05) is 0 Å². The average molecular weight is 333 g/mol. The van der Waals surface area contributed by atoms with Crippen molar-refractivity contribution in [3.8, 4) is 5.82 Å². The minimum atomic E-state index is -3.72. The minimum absolute atomic E-state index is 0.125. The van der Waals surface area contributed by atoms with Crippen molar-refractivity contribution in [3.63, 3.8) is 0 Å². The number of nitrogens with zero attached hydrogens (tertiary/aromatic N) is 4. The van der Waals surface area contributed by atoms with Gasteiger partial charge in [-0.05, 0) is 17.7 Å². The number of nitrogens with one attached hydrogen (secondary N) is 1. The summed E-state index contributed by atoms with van der Waals surface area (Å²) in [4.78, 5) is 11.8. The number of rotatable bonds is 5. The van der Waals surface area contributed by atoms with Crippen LogP contribution in [0.1, 0.15) is 5.56 Å². The van der Waals surface area contributed by atoms with Crippen LogP contribution < -0.4 is 4.72 Å². The Morgan fingerprint density at radius 1 is 1.22 bits per heavy atom. The van der Waals surface area contributed by atoms with Gasteiger partial charge in [0.25, 0.3) is 0 Å². The third-order valence-electron chi connectivity index (χ3n) is 2.93. The van der Waals surface area contributed by atoms with Crippen LogP contribution in [0.5, 0.6) is 0 Å². The molecule has 0 spiro atoms. The first-order valence-electron chi connectivity index (χ1n) is 6.57. The predicted molar refractivity (Wildman–Crippen MR) is 81.8 cm³/mol. The van der Waals surface area contributed by atoms with Crippen molar-refractivity contribution in [2.45, 2.75) is 5.75 Å². The van der Waals surface area contributed by atoms with Crippen molar-refractivity contribution < 1.29 is 12.8 Å². The topological polar surface area (TPSA) is 89.8 Å². The second-order valence-electron chi connectivity index (χ2n) is 4.72. The van der Waals surface area contributed by atoms with Crippen LogP contribution in [0.4, 0.5) is 10.2 Å². The van der Waals surface area contributed by atoms with E-state index >= 15 is 0 Å². The number of halogens is 1. The molecule has 7 nitrogen and oxygen atoms in total. The van der Waals surface area contributed by atoms with E-state index < -0.39 is 15.8 Å².